The van der Waals surface area contributed by atoms with Crippen molar-refractivity contribution < 1.29 is 13.2 Å². The molecule has 0 saturated carbocycles. The standard InChI is InChI=1S/C13H12ClNO3S/c1-2-18-11-5-3-10(4-6-11)13-8-7-12(9-15-13)19(14,16)17/h3-9H,2H2,1H3. The number of benzene rings is 1. The molecule has 0 unspecified atom stereocenters. The molecule has 0 aliphatic rings. The van der Waals surface area contributed by atoms with Gasteiger partial charge in [0.25, 0.3) is 9.05 Å². The Balaban J connectivity index is 2.27. The minimum Gasteiger partial charge on any atom is -0.494 e. The summed E-state index contributed by atoms with van der Waals surface area (Å²) < 4.78 is 27.6. The average Bonchev–Trinajstić information content (AvgIpc) is 2.39. The van der Waals surface area contributed by atoms with E-state index >= 15 is 0 Å². The first-order chi connectivity index (χ1) is 9.00. The van der Waals surface area contributed by atoms with Crippen LogP contribution in [0.25, 0.3) is 11.3 Å². The van der Waals surface area contributed by atoms with Gasteiger partial charge in [0, 0.05) is 22.4 Å². The maximum Gasteiger partial charge on any atom is 0.262 e. The Bertz CT molecular complexity index is 651. The van der Waals surface area contributed by atoms with E-state index < -0.39 is 9.05 Å². The van der Waals surface area contributed by atoms with Crippen LogP contribution >= 0.6 is 10.7 Å². The quantitative estimate of drug-likeness (QED) is 0.814. The van der Waals surface area contributed by atoms with Crippen LogP contribution in [-0.4, -0.2) is 20.0 Å². The molecule has 0 aliphatic heterocycles. The molecule has 0 bridgehead atoms. The van der Waals surface area contributed by atoms with Crippen molar-refractivity contribution >= 4 is 19.7 Å². The topological polar surface area (TPSA) is 56.3 Å². The number of aromatic nitrogens is 1. The van der Waals surface area contributed by atoms with E-state index in [1.165, 1.54) is 12.3 Å². The molecular formula is C13H12ClNO3S. The predicted octanol–water partition coefficient (Wildman–Crippen LogP) is 3.07. The highest BCUT2D eigenvalue weighted by Gasteiger charge is 2.10. The Labute approximate surface area is 116 Å². The van der Waals surface area contributed by atoms with Gasteiger partial charge in [-0.3, -0.25) is 4.98 Å². The highest BCUT2D eigenvalue weighted by atomic mass is 35.7. The van der Waals surface area contributed by atoms with Crippen molar-refractivity contribution in [2.45, 2.75) is 11.8 Å². The molecule has 0 spiro atoms. The van der Waals surface area contributed by atoms with Gasteiger partial charge in [0.15, 0.2) is 0 Å². The van der Waals surface area contributed by atoms with E-state index in [4.69, 9.17) is 15.4 Å². The highest BCUT2D eigenvalue weighted by molar-refractivity contribution is 8.13. The molecule has 4 nitrogen and oxygen atoms in total. The number of nitrogens with zero attached hydrogens (tertiary/aromatic N) is 1. The van der Waals surface area contributed by atoms with Gasteiger partial charge in [0.1, 0.15) is 10.6 Å². The second-order valence-corrected chi connectivity index (χ2v) is 6.34. The molecule has 0 fully saturated rings. The molecule has 0 amide bonds. The third kappa shape index (κ3) is 3.45. The molecule has 2 rings (SSSR count). The fraction of sp³-hybridized carbons (Fsp3) is 0.154. The van der Waals surface area contributed by atoms with E-state index in [0.29, 0.717) is 12.3 Å². The fourth-order valence-electron chi connectivity index (χ4n) is 1.58. The van der Waals surface area contributed by atoms with E-state index in [0.717, 1.165) is 11.3 Å². The summed E-state index contributed by atoms with van der Waals surface area (Å²) in [6.07, 6.45) is 1.24. The van der Waals surface area contributed by atoms with E-state index in [2.05, 4.69) is 4.98 Å². The molecule has 0 saturated heterocycles. The third-order valence-corrected chi connectivity index (χ3v) is 3.82. The monoisotopic (exact) mass is 297 g/mol. The van der Waals surface area contributed by atoms with Gasteiger partial charge in [-0.25, -0.2) is 8.42 Å². The molecule has 2 aromatic rings. The van der Waals surface area contributed by atoms with Crippen molar-refractivity contribution in [3.8, 4) is 17.0 Å². The van der Waals surface area contributed by atoms with E-state index in [-0.39, 0.29) is 4.90 Å². The molecule has 0 N–H and O–H groups in total. The SMILES string of the molecule is CCOc1ccc(-c2ccc(S(=O)(=O)Cl)cn2)cc1. The molecule has 1 heterocycles. The predicted molar refractivity (Wildman–Crippen MR) is 73.9 cm³/mol. The summed E-state index contributed by atoms with van der Waals surface area (Å²) in [5, 5.41) is 0. The smallest absolute Gasteiger partial charge is 0.262 e. The van der Waals surface area contributed by atoms with Crippen molar-refractivity contribution in [3.63, 3.8) is 0 Å². The maximum absolute atomic E-state index is 11.1. The van der Waals surface area contributed by atoms with Crippen LogP contribution in [0.15, 0.2) is 47.5 Å². The zero-order valence-corrected chi connectivity index (χ0v) is 11.8. The summed E-state index contributed by atoms with van der Waals surface area (Å²) in [4.78, 5) is 4.08. The third-order valence-electron chi connectivity index (χ3n) is 2.48. The van der Waals surface area contributed by atoms with Gasteiger partial charge in [-0.2, -0.15) is 0 Å². The van der Waals surface area contributed by atoms with Crippen molar-refractivity contribution in [1.82, 2.24) is 4.98 Å². The average molecular weight is 298 g/mol. The largest absolute Gasteiger partial charge is 0.494 e. The zero-order chi connectivity index (χ0) is 13.9. The first kappa shape index (κ1) is 13.8. The Hall–Kier alpha value is -1.59. The first-order valence-corrected chi connectivity index (χ1v) is 7.95. The minimum absolute atomic E-state index is 0.0103. The maximum atomic E-state index is 11.1. The van der Waals surface area contributed by atoms with E-state index in [9.17, 15) is 8.42 Å². The normalized spacial score (nSPS) is 11.3. The summed E-state index contributed by atoms with van der Waals surface area (Å²) in [5.74, 6) is 0.784. The van der Waals surface area contributed by atoms with Gasteiger partial charge >= 0.3 is 0 Å². The van der Waals surface area contributed by atoms with Crippen LogP contribution in [-0.2, 0) is 9.05 Å². The number of ether oxygens (including phenoxy) is 1. The summed E-state index contributed by atoms with van der Waals surface area (Å²) >= 11 is 0. The number of rotatable bonds is 4. The lowest BCUT2D eigenvalue weighted by molar-refractivity contribution is 0.340. The van der Waals surface area contributed by atoms with Gasteiger partial charge in [0.2, 0.25) is 0 Å². The second-order valence-electron chi connectivity index (χ2n) is 3.77. The lowest BCUT2D eigenvalue weighted by Crippen LogP contribution is -1.93. The van der Waals surface area contributed by atoms with Gasteiger partial charge in [0.05, 0.1) is 12.3 Å². The molecule has 1 aromatic carbocycles. The zero-order valence-electron chi connectivity index (χ0n) is 10.2. The highest BCUT2D eigenvalue weighted by Crippen LogP contribution is 2.22. The van der Waals surface area contributed by atoms with Crippen molar-refractivity contribution in [2.24, 2.45) is 0 Å². The molecule has 0 aliphatic carbocycles. The molecule has 100 valence electrons. The Morgan fingerprint density at radius 3 is 2.32 bits per heavy atom. The molecule has 0 radical (unpaired) electrons. The lowest BCUT2D eigenvalue weighted by atomic mass is 10.1. The molecule has 0 atom stereocenters. The van der Waals surface area contributed by atoms with Crippen LogP contribution in [0.5, 0.6) is 5.75 Å². The first-order valence-electron chi connectivity index (χ1n) is 5.64. The van der Waals surface area contributed by atoms with Crippen molar-refractivity contribution in [2.75, 3.05) is 6.61 Å². The Morgan fingerprint density at radius 2 is 1.84 bits per heavy atom. The van der Waals surface area contributed by atoms with Gasteiger partial charge in [-0.05, 0) is 43.3 Å². The second kappa shape index (κ2) is 5.59. The van der Waals surface area contributed by atoms with E-state index in [1.807, 2.05) is 31.2 Å². The van der Waals surface area contributed by atoms with Gasteiger partial charge < -0.3 is 4.74 Å². The molecule has 19 heavy (non-hydrogen) atoms. The summed E-state index contributed by atoms with van der Waals surface area (Å²) in [6, 6.07) is 10.5. The van der Waals surface area contributed by atoms with Crippen molar-refractivity contribution in [1.29, 1.82) is 0 Å². The minimum atomic E-state index is -3.73. The number of hydrogen-bond donors (Lipinski definition) is 0. The summed E-state index contributed by atoms with van der Waals surface area (Å²) in [6.45, 7) is 2.53. The number of hydrogen-bond acceptors (Lipinski definition) is 4. The molecular weight excluding hydrogens is 286 g/mol. The van der Waals surface area contributed by atoms with Crippen LogP contribution in [0.1, 0.15) is 6.92 Å². The Kier molecular flexibility index (Phi) is 4.07. The van der Waals surface area contributed by atoms with Crippen LogP contribution in [0.4, 0.5) is 0 Å². The number of halogens is 1. The van der Waals surface area contributed by atoms with Crippen LogP contribution in [0, 0.1) is 0 Å². The molecule has 1 aromatic heterocycles. The number of pyridine rings is 1. The van der Waals surface area contributed by atoms with Crippen LogP contribution < -0.4 is 4.74 Å². The van der Waals surface area contributed by atoms with Gasteiger partial charge in [-0.1, -0.05) is 0 Å². The lowest BCUT2D eigenvalue weighted by Gasteiger charge is -2.05. The summed E-state index contributed by atoms with van der Waals surface area (Å²) in [5.41, 5.74) is 1.55. The van der Waals surface area contributed by atoms with Crippen molar-refractivity contribution in [3.05, 3.63) is 42.6 Å². The van der Waals surface area contributed by atoms with Crippen LogP contribution in [0.2, 0.25) is 0 Å². The molecule has 6 heteroatoms. The Morgan fingerprint density at radius 1 is 1.16 bits per heavy atom. The van der Waals surface area contributed by atoms with E-state index in [1.54, 1.807) is 6.07 Å². The summed E-state index contributed by atoms with van der Waals surface area (Å²) in [7, 11) is 1.50. The van der Waals surface area contributed by atoms with Gasteiger partial charge in [-0.15, -0.1) is 0 Å². The fourth-order valence-corrected chi connectivity index (χ4v) is 2.27. The van der Waals surface area contributed by atoms with Crippen LogP contribution in [0.3, 0.4) is 0 Å².